The van der Waals surface area contributed by atoms with Crippen LogP contribution in [0.3, 0.4) is 0 Å². The standard InChI is InChI=1S/C9H15O2/c1-6-7(2)8(10)11-9(3,4)5/h6H,2H2,1,3-5H3/b7-6+. The highest BCUT2D eigenvalue weighted by atomic mass is 16.6. The Bertz CT molecular complexity index is 172. The van der Waals surface area contributed by atoms with Crippen LogP contribution >= 0.6 is 0 Å². The summed E-state index contributed by atoms with van der Waals surface area (Å²) in [5.41, 5.74) is -0.0248. The van der Waals surface area contributed by atoms with E-state index in [1.807, 2.05) is 20.8 Å². The zero-order valence-electron chi connectivity index (χ0n) is 7.60. The maximum Gasteiger partial charge on any atom is 0.334 e. The second kappa shape index (κ2) is 3.56. The second-order valence-electron chi connectivity index (χ2n) is 3.32. The number of hydrogen-bond donors (Lipinski definition) is 0. The van der Waals surface area contributed by atoms with Gasteiger partial charge in [0.25, 0.3) is 0 Å². The number of allylic oxidation sites excluding steroid dienone is 1. The molecule has 0 rings (SSSR count). The minimum Gasteiger partial charge on any atom is -0.457 e. The summed E-state index contributed by atoms with van der Waals surface area (Å²) < 4.78 is 5.02. The lowest BCUT2D eigenvalue weighted by Crippen LogP contribution is -2.24. The van der Waals surface area contributed by atoms with Gasteiger partial charge in [-0.2, -0.15) is 0 Å². The molecule has 0 spiro atoms. The van der Waals surface area contributed by atoms with E-state index >= 15 is 0 Å². The highest BCUT2D eigenvalue weighted by molar-refractivity contribution is 5.89. The highest BCUT2D eigenvalue weighted by Gasteiger charge is 2.16. The molecule has 0 saturated heterocycles. The van der Waals surface area contributed by atoms with Gasteiger partial charge in [0.1, 0.15) is 5.60 Å². The molecule has 0 atom stereocenters. The van der Waals surface area contributed by atoms with E-state index in [0.717, 1.165) is 0 Å². The van der Waals surface area contributed by atoms with E-state index in [2.05, 4.69) is 6.92 Å². The summed E-state index contributed by atoms with van der Waals surface area (Å²) in [5, 5.41) is 0. The van der Waals surface area contributed by atoms with E-state index in [0.29, 0.717) is 5.57 Å². The molecule has 0 aromatic carbocycles. The summed E-state index contributed by atoms with van der Waals surface area (Å²) in [6.45, 7) is 10.8. The molecule has 0 amide bonds. The molecule has 0 fully saturated rings. The van der Waals surface area contributed by atoms with Crippen LogP contribution in [0.1, 0.15) is 27.7 Å². The zero-order valence-corrected chi connectivity index (χ0v) is 7.60. The van der Waals surface area contributed by atoms with Crippen LogP contribution in [0.15, 0.2) is 11.6 Å². The fourth-order valence-corrected chi connectivity index (χ4v) is 0.461. The molecule has 0 aromatic heterocycles. The van der Waals surface area contributed by atoms with Crippen molar-refractivity contribution in [2.45, 2.75) is 33.3 Å². The Morgan fingerprint density at radius 1 is 1.45 bits per heavy atom. The number of rotatable bonds is 1. The number of ether oxygens (including phenoxy) is 1. The predicted molar refractivity (Wildman–Crippen MR) is 45.0 cm³/mol. The Morgan fingerprint density at radius 3 is 2.18 bits per heavy atom. The van der Waals surface area contributed by atoms with Crippen molar-refractivity contribution < 1.29 is 9.53 Å². The van der Waals surface area contributed by atoms with Gasteiger partial charge in [0.2, 0.25) is 0 Å². The molecule has 63 valence electrons. The minimum absolute atomic E-state index is 0.347. The van der Waals surface area contributed by atoms with Gasteiger partial charge in [0, 0.05) is 5.57 Å². The number of esters is 1. The third kappa shape index (κ3) is 4.59. The fraction of sp³-hybridized carbons (Fsp3) is 0.556. The molecule has 0 N–H and O–H groups in total. The summed E-state index contributed by atoms with van der Waals surface area (Å²) >= 11 is 0. The molecule has 0 unspecified atom stereocenters. The van der Waals surface area contributed by atoms with Crippen molar-refractivity contribution >= 4 is 5.97 Å². The maximum atomic E-state index is 11.0. The van der Waals surface area contributed by atoms with Crippen LogP contribution in [0.25, 0.3) is 0 Å². The lowest BCUT2D eigenvalue weighted by atomic mass is 10.2. The van der Waals surface area contributed by atoms with Gasteiger partial charge in [0.05, 0.1) is 0 Å². The molecule has 0 aliphatic heterocycles. The normalized spacial score (nSPS) is 13.0. The van der Waals surface area contributed by atoms with Crippen molar-refractivity contribution in [2.75, 3.05) is 0 Å². The van der Waals surface area contributed by atoms with Crippen molar-refractivity contribution in [1.82, 2.24) is 0 Å². The smallest absolute Gasteiger partial charge is 0.334 e. The first-order chi connectivity index (χ1) is 4.87. The van der Waals surface area contributed by atoms with Crippen molar-refractivity contribution in [3.05, 3.63) is 18.6 Å². The highest BCUT2D eigenvalue weighted by Crippen LogP contribution is 2.09. The summed E-state index contributed by atoms with van der Waals surface area (Å²) in [6, 6.07) is 0. The average Bonchev–Trinajstić information content (AvgIpc) is 1.82. The summed E-state index contributed by atoms with van der Waals surface area (Å²) in [6.07, 6.45) is 1.63. The van der Waals surface area contributed by atoms with Crippen molar-refractivity contribution in [2.24, 2.45) is 0 Å². The van der Waals surface area contributed by atoms with Crippen molar-refractivity contribution in [3.8, 4) is 0 Å². The van der Waals surface area contributed by atoms with Crippen LogP contribution < -0.4 is 0 Å². The predicted octanol–water partition coefficient (Wildman–Crippen LogP) is 2.11. The summed E-state index contributed by atoms with van der Waals surface area (Å²) in [7, 11) is 0. The molecule has 11 heavy (non-hydrogen) atoms. The number of carbonyl (C=O) groups is 1. The molecule has 1 radical (unpaired) electrons. The Morgan fingerprint density at radius 2 is 1.91 bits per heavy atom. The van der Waals surface area contributed by atoms with E-state index in [1.165, 1.54) is 0 Å². The van der Waals surface area contributed by atoms with E-state index < -0.39 is 5.60 Å². The van der Waals surface area contributed by atoms with Crippen LogP contribution in [0.4, 0.5) is 0 Å². The molecular weight excluding hydrogens is 140 g/mol. The van der Waals surface area contributed by atoms with Gasteiger partial charge in [-0.05, 0) is 34.6 Å². The number of carbonyl (C=O) groups excluding carboxylic acids is 1. The molecular formula is C9H15O2. The minimum atomic E-state index is -0.428. The van der Waals surface area contributed by atoms with Gasteiger partial charge in [0.15, 0.2) is 0 Å². The van der Waals surface area contributed by atoms with Gasteiger partial charge >= 0.3 is 5.97 Å². The Balaban J connectivity index is 4.10. The van der Waals surface area contributed by atoms with Gasteiger partial charge in [-0.1, -0.05) is 6.08 Å². The van der Waals surface area contributed by atoms with Gasteiger partial charge in [-0.3, -0.25) is 0 Å². The monoisotopic (exact) mass is 155 g/mol. The van der Waals surface area contributed by atoms with Crippen LogP contribution in [0.5, 0.6) is 0 Å². The van der Waals surface area contributed by atoms with Crippen molar-refractivity contribution in [3.63, 3.8) is 0 Å². The maximum absolute atomic E-state index is 11.0. The average molecular weight is 155 g/mol. The molecule has 2 heteroatoms. The summed E-state index contributed by atoms with van der Waals surface area (Å²) in [5.74, 6) is -0.347. The fourth-order valence-electron chi connectivity index (χ4n) is 0.461. The van der Waals surface area contributed by atoms with Crippen LogP contribution in [0.2, 0.25) is 0 Å². The van der Waals surface area contributed by atoms with Gasteiger partial charge < -0.3 is 4.74 Å². The first-order valence-corrected chi connectivity index (χ1v) is 3.58. The lowest BCUT2D eigenvalue weighted by Gasteiger charge is -2.19. The summed E-state index contributed by atoms with van der Waals surface area (Å²) in [4.78, 5) is 11.0. The third-order valence-corrected chi connectivity index (χ3v) is 1.01. The van der Waals surface area contributed by atoms with Crippen LogP contribution in [-0.2, 0) is 9.53 Å². The zero-order chi connectivity index (χ0) is 9.07. The third-order valence-electron chi connectivity index (χ3n) is 1.01. The first-order valence-electron chi connectivity index (χ1n) is 3.58. The molecule has 0 saturated carbocycles. The van der Waals surface area contributed by atoms with Gasteiger partial charge in [-0.25, -0.2) is 4.79 Å². The Kier molecular flexibility index (Phi) is 3.30. The van der Waals surface area contributed by atoms with Crippen LogP contribution in [0, 0.1) is 6.92 Å². The van der Waals surface area contributed by atoms with Crippen LogP contribution in [-0.4, -0.2) is 11.6 Å². The number of hydrogen-bond acceptors (Lipinski definition) is 2. The van der Waals surface area contributed by atoms with E-state index in [1.54, 1.807) is 13.0 Å². The SMILES string of the molecule is [CH2]/C(=C\C)C(=O)OC(C)(C)C. The van der Waals surface area contributed by atoms with E-state index in [4.69, 9.17) is 4.74 Å². The Labute approximate surface area is 68.2 Å². The Hall–Kier alpha value is -0.790. The first kappa shape index (κ1) is 10.2. The van der Waals surface area contributed by atoms with E-state index in [-0.39, 0.29) is 5.97 Å². The largest absolute Gasteiger partial charge is 0.457 e. The second-order valence-corrected chi connectivity index (χ2v) is 3.32. The molecule has 0 heterocycles. The quantitative estimate of drug-likeness (QED) is 0.428. The molecule has 0 aliphatic carbocycles. The van der Waals surface area contributed by atoms with Crippen molar-refractivity contribution in [1.29, 1.82) is 0 Å². The topological polar surface area (TPSA) is 26.3 Å². The van der Waals surface area contributed by atoms with Gasteiger partial charge in [-0.15, -0.1) is 0 Å². The van der Waals surface area contributed by atoms with E-state index in [9.17, 15) is 4.79 Å². The molecule has 0 bridgehead atoms. The molecule has 0 aliphatic rings. The lowest BCUT2D eigenvalue weighted by molar-refractivity contribution is -0.149. The molecule has 0 aromatic rings. The molecule has 2 nitrogen and oxygen atoms in total.